The summed E-state index contributed by atoms with van der Waals surface area (Å²) in [7, 11) is -14.3. The largest absolute Gasteiger partial charge is 1.00 e. The maximum Gasteiger partial charge on any atom is 1.00 e. The summed E-state index contributed by atoms with van der Waals surface area (Å²) < 4.78 is 110. The Bertz CT molecular complexity index is 2410. The van der Waals surface area contributed by atoms with Crippen molar-refractivity contribution < 1.29 is 103 Å². The molecule has 0 saturated carbocycles. The van der Waals surface area contributed by atoms with Gasteiger partial charge in [0, 0.05) is 42.1 Å². The number of nitrogens with zero attached hydrogens (tertiary/aromatic N) is 2. The number of anilines is 1. The average Bonchev–Trinajstić information content (AvgIpc) is 3.10. The van der Waals surface area contributed by atoms with Gasteiger partial charge in [-0.2, -0.15) is 0 Å². The second-order valence-electron chi connectivity index (χ2n) is 11.6. The van der Waals surface area contributed by atoms with E-state index >= 15 is 0 Å². The third-order valence-electron chi connectivity index (χ3n) is 8.44. The van der Waals surface area contributed by atoms with Gasteiger partial charge in [0.05, 0.1) is 14.7 Å². The van der Waals surface area contributed by atoms with E-state index in [-0.39, 0.29) is 87.6 Å². The van der Waals surface area contributed by atoms with Gasteiger partial charge in [-0.1, -0.05) is 66.7 Å². The summed E-state index contributed by atoms with van der Waals surface area (Å²) in [5.41, 5.74) is 3.93. The molecular formula is C37H34N2Na2O9S3. The van der Waals surface area contributed by atoms with Crippen molar-refractivity contribution in [3.63, 3.8) is 0 Å². The van der Waals surface area contributed by atoms with Gasteiger partial charge in [0.1, 0.15) is 36.9 Å². The normalized spacial score (nSPS) is 12.8. The number of hydrogen-bond donors (Lipinski definition) is 0. The van der Waals surface area contributed by atoms with Crippen LogP contribution in [-0.2, 0) is 43.4 Å². The predicted molar refractivity (Wildman–Crippen MR) is 190 cm³/mol. The number of hydrogen-bond acceptors (Lipinski definition) is 10. The first-order valence-electron chi connectivity index (χ1n) is 15.8. The molecule has 0 saturated heterocycles. The molecule has 0 bridgehead atoms. The van der Waals surface area contributed by atoms with Crippen LogP contribution in [0.3, 0.4) is 0 Å². The third-order valence-corrected chi connectivity index (χ3v) is 11.2. The van der Waals surface area contributed by atoms with E-state index in [0.29, 0.717) is 52.3 Å². The topological polar surface area (TPSA) is 178 Å². The minimum Gasteiger partial charge on any atom is -0.744 e. The van der Waals surface area contributed by atoms with Gasteiger partial charge < -0.3 is 18.6 Å². The average molecular weight is 793 g/mol. The Morgan fingerprint density at radius 2 is 1.08 bits per heavy atom. The zero-order valence-electron chi connectivity index (χ0n) is 29.7. The van der Waals surface area contributed by atoms with Crippen molar-refractivity contribution in [2.45, 2.75) is 41.6 Å². The fourth-order valence-electron chi connectivity index (χ4n) is 5.99. The summed E-state index contributed by atoms with van der Waals surface area (Å²) in [4.78, 5) is 0.893. The van der Waals surface area contributed by atoms with E-state index in [4.69, 9.17) is 0 Å². The van der Waals surface area contributed by atoms with Gasteiger partial charge in [-0.3, -0.25) is 0 Å². The van der Waals surface area contributed by atoms with Gasteiger partial charge in [-0.05, 0) is 78.6 Å². The molecular weight excluding hydrogens is 759 g/mol. The van der Waals surface area contributed by atoms with Gasteiger partial charge in [0.2, 0.25) is 0 Å². The zero-order chi connectivity index (χ0) is 37.0. The van der Waals surface area contributed by atoms with E-state index in [1.807, 2.05) is 23.3 Å². The molecule has 0 N–H and O–H groups in total. The maximum atomic E-state index is 12.4. The second-order valence-corrected chi connectivity index (χ2v) is 15.6. The minimum atomic E-state index is -4.88. The van der Waals surface area contributed by atoms with Crippen LogP contribution in [0.25, 0.3) is 5.57 Å². The van der Waals surface area contributed by atoms with Crippen molar-refractivity contribution in [2.75, 3.05) is 18.0 Å². The van der Waals surface area contributed by atoms with E-state index < -0.39 is 35.2 Å². The van der Waals surface area contributed by atoms with Crippen LogP contribution in [0.15, 0.2) is 142 Å². The van der Waals surface area contributed by atoms with Crippen LogP contribution in [0.2, 0.25) is 0 Å². The minimum absolute atomic E-state index is 0. The second kappa shape index (κ2) is 18.8. The summed E-state index contributed by atoms with van der Waals surface area (Å²) in [6.45, 7) is 4.99. The summed E-state index contributed by atoms with van der Waals surface area (Å²) in [6.07, 6.45) is 7.11. The van der Waals surface area contributed by atoms with Crippen molar-refractivity contribution in [1.29, 1.82) is 0 Å². The van der Waals surface area contributed by atoms with Crippen molar-refractivity contribution in [2.24, 2.45) is 0 Å². The Labute approximate surface area is 355 Å². The zero-order valence-corrected chi connectivity index (χ0v) is 36.1. The molecule has 0 atom stereocenters. The third kappa shape index (κ3) is 11.0. The van der Waals surface area contributed by atoms with Crippen molar-refractivity contribution in [3.8, 4) is 0 Å². The number of rotatable bonds is 12. The number of benzene rings is 4. The van der Waals surface area contributed by atoms with E-state index in [9.17, 15) is 38.9 Å². The SMILES string of the molecule is CCN(Cc1ccccc1S(=O)(=O)[O-])c1ccc(C(=C2C=CC(=[N+](CC)Cc3ccccc3S(=O)(=O)[O-])C=C2)c2ccccc2S(=O)(=O)[O-])cc1.[Na+].[Na+]. The van der Waals surface area contributed by atoms with E-state index in [1.165, 1.54) is 36.4 Å². The molecule has 11 nitrogen and oxygen atoms in total. The number of allylic oxidation sites excluding steroid dienone is 5. The quantitative estimate of drug-likeness (QED) is 0.0986. The van der Waals surface area contributed by atoms with Crippen LogP contribution in [0, 0.1) is 0 Å². The molecule has 0 aliphatic heterocycles. The van der Waals surface area contributed by atoms with Crippen molar-refractivity contribution in [1.82, 2.24) is 0 Å². The van der Waals surface area contributed by atoms with E-state index in [1.54, 1.807) is 85.0 Å². The van der Waals surface area contributed by atoms with Gasteiger partial charge in [-0.25, -0.2) is 29.8 Å². The molecule has 1 aliphatic rings. The van der Waals surface area contributed by atoms with Crippen LogP contribution in [0.4, 0.5) is 5.69 Å². The van der Waals surface area contributed by atoms with Gasteiger partial charge >= 0.3 is 59.1 Å². The molecule has 0 fully saturated rings. The molecule has 0 unspecified atom stereocenters. The van der Waals surface area contributed by atoms with E-state index in [0.717, 1.165) is 0 Å². The van der Waals surface area contributed by atoms with Crippen LogP contribution >= 0.6 is 0 Å². The Morgan fingerprint density at radius 1 is 0.604 bits per heavy atom. The van der Waals surface area contributed by atoms with Crippen LogP contribution in [0.5, 0.6) is 0 Å². The molecule has 0 spiro atoms. The first-order chi connectivity index (χ1) is 24.1. The fraction of sp³-hybridized carbons (Fsp3) is 0.162. The predicted octanol–water partition coefficient (Wildman–Crippen LogP) is -0.965. The summed E-state index contributed by atoms with van der Waals surface area (Å²) in [5, 5.41) is 0. The first-order valence-corrected chi connectivity index (χ1v) is 20.0. The molecule has 266 valence electrons. The Morgan fingerprint density at radius 3 is 1.58 bits per heavy atom. The smallest absolute Gasteiger partial charge is 0.744 e. The monoisotopic (exact) mass is 792 g/mol. The molecule has 0 aromatic heterocycles. The molecule has 1 aliphatic carbocycles. The van der Waals surface area contributed by atoms with Crippen LogP contribution in [-0.4, -0.2) is 62.3 Å². The molecule has 53 heavy (non-hydrogen) atoms. The summed E-state index contributed by atoms with van der Waals surface area (Å²) >= 11 is 0. The summed E-state index contributed by atoms with van der Waals surface area (Å²) in [6, 6.07) is 25.0. The first kappa shape index (κ1) is 44.7. The standard InChI is InChI=1S/C37H36N2O9S3.2Na/c1-3-38(25-29-11-5-8-14-34(29)49(40,41)42)31-21-17-27(18-22-31)37(33-13-7-10-16-36(33)51(46,47)48)28-19-23-32(24-20-28)39(4-2)26-30-12-6-9-15-35(30)50(43,44)45;;/h5-24H,3-4,25-26H2,1-2H3,(H2-,40,41,42,43,44,45,46,47,48);;/q;2*+1/p-2. The molecule has 0 radical (unpaired) electrons. The van der Waals surface area contributed by atoms with E-state index in [2.05, 4.69) is 0 Å². The van der Waals surface area contributed by atoms with Gasteiger partial charge in [0.15, 0.2) is 12.3 Å². The molecule has 4 aromatic carbocycles. The van der Waals surface area contributed by atoms with Crippen molar-refractivity contribution >= 4 is 47.3 Å². The van der Waals surface area contributed by atoms with Gasteiger partial charge in [0.25, 0.3) is 0 Å². The van der Waals surface area contributed by atoms with Crippen LogP contribution < -0.4 is 64.0 Å². The molecule has 0 amide bonds. The molecule has 0 heterocycles. The molecule has 4 aromatic rings. The maximum absolute atomic E-state index is 12.4. The van der Waals surface area contributed by atoms with Crippen molar-refractivity contribution in [3.05, 3.63) is 149 Å². The van der Waals surface area contributed by atoms with Gasteiger partial charge in [-0.15, -0.1) is 0 Å². The van der Waals surface area contributed by atoms with Crippen LogP contribution in [0.1, 0.15) is 36.1 Å². The summed E-state index contributed by atoms with van der Waals surface area (Å²) in [5.74, 6) is 0. The Hall–Kier alpha value is -2.70. The fourth-order valence-corrected chi connectivity index (χ4v) is 8.07. The molecule has 5 rings (SSSR count). The molecule has 16 heteroatoms. The Kier molecular flexibility index (Phi) is 15.8. The Balaban J connectivity index is 0.00000378.